The fourth-order valence-electron chi connectivity index (χ4n) is 1.89. The van der Waals surface area contributed by atoms with Crippen LogP contribution in [0.2, 0.25) is 0 Å². The first kappa shape index (κ1) is 32.0. The first-order valence-corrected chi connectivity index (χ1v) is 6.47. The molecule has 0 aromatic heterocycles. The maximum absolute atomic E-state index is 2.41. The summed E-state index contributed by atoms with van der Waals surface area (Å²) in [5.74, 6) is 0. The van der Waals surface area contributed by atoms with Gasteiger partial charge in [0.1, 0.15) is 0 Å². The van der Waals surface area contributed by atoms with E-state index in [1.165, 1.54) is 49.9 Å². The summed E-state index contributed by atoms with van der Waals surface area (Å²) in [6, 6.07) is 0. The molecular weight excluding hydrogens is 368 g/mol. The summed E-state index contributed by atoms with van der Waals surface area (Å²) in [6.45, 7) is 9.86. The van der Waals surface area contributed by atoms with Gasteiger partial charge in [-0.2, -0.15) is 0 Å². The van der Waals surface area contributed by atoms with E-state index in [0.717, 1.165) is 4.48 Å². The monoisotopic (exact) mass is 406 g/mol. The minimum atomic E-state index is 0. The Morgan fingerprint density at radius 2 is 1.11 bits per heavy atom. The molecule has 0 saturated heterocycles. The lowest BCUT2D eigenvalue weighted by Crippen LogP contribution is -3.00. The highest BCUT2D eigenvalue weighted by molar-refractivity contribution is 4.41. The Morgan fingerprint density at radius 3 is 1.42 bits per heavy atom. The number of rotatable bonds is 8. The van der Waals surface area contributed by atoms with Crippen LogP contribution in [0.15, 0.2) is 0 Å². The van der Waals surface area contributed by atoms with Gasteiger partial charge in [-0.3, -0.25) is 0 Å². The van der Waals surface area contributed by atoms with E-state index in [9.17, 15) is 0 Å². The number of hydrogen-bond donors (Lipinski definition) is 0. The van der Waals surface area contributed by atoms with E-state index in [2.05, 4.69) is 42.0 Å². The molecule has 0 aliphatic carbocycles. The van der Waals surface area contributed by atoms with E-state index in [4.69, 9.17) is 0 Å². The summed E-state index contributed by atoms with van der Waals surface area (Å²) in [7, 11) is 9.25. The van der Waals surface area contributed by atoms with Crippen molar-refractivity contribution in [2.24, 2.45) is 0 Å². The Morgan fingerprint density at radius 1 is 0.684 bits per heavy atom. The molecule has 0 aromatic rings. The molecule has 1 unspecified atom stereocenters. The van der Waals surface area contributed by atoms with Gasteiger partial charge in [0.15, 0.2) is 0 Å². The van der Waals surface area contributed by atoms with E-state index in [-0.39, 0.29) is 48.8 Å². The molecule has 0 rings (SSSR count). The van der Waals surface area contributed by atoms with Crippen LogP contribution in [0.3, 0.4) is 0 Å². The molecule has 19 heavy (non-hydrogen) atoms. The van der Waals surface area contributed by atoms with E-state index in [0.29, 0.717) is 0 Å². The van der Waals surface area contributed by atoms with Crippen molar-refractivity contribution >= 4 is 0 Å². The predicted molar refractivity (Wildman–Crippen MR) is 82.3 cm³/mol. The van der Waals surface area contributed by atoms with Crippen LogP contribution in [0.4, 0.5) is 0 Å². The second-order valence-corrected chi connectivity index (χ2v) is 6.10. The van der Waals surface area contributed by atoms with Gasteiger partial charge in [0.2, 0.25) is 0 Å². The van der Waals surface area contributed by atoms with Crippen molar-refractivity contribution in [1.29, 1.82) is 0 Å². The summed E-state index contributed by atoms with van der Waals surface area (Å²) < 4.78 is 2.35. The number of hydrogen-bond acceptors (Lipinski definition) is 0. The number of nitrogens with zero attached hydrogens (tertiary/aromatic N) is 2. The van der Waals surface area contributed by atoms with Gasteiger partial charge in [-0.1, -0.05) is 28.2 Å². The van der Waals surface area contributed by atoms with Crippen LogP contribution < -0.4 is 34.0 Å². The lowest BCUT2D eigenvalue weighted by molar-refractivity contribution is -0.916. The predicted octanol–water partition coefficient (Wildman–Crippen LogP) is -2.37. The van der Waals surface area contributed by atoms with Gasteiger partial charge in [-0.15, -0.1) is 0 Å². The van der Waals surface area contributed by atoms with Crippen LogP contribution in [-0.2, 0) is 0 Å². The minimum absolute atomic E-state index is 0. The molecule has 0 aromatic carbocycles. The molecule has 0 saturated carbocycles. The lowest BCUT2D eigenvalue weighted by Gasteiger charge is -2.34. The third-order valence-corrected chi connectivity index (χ3v) is 3.34. The molecule has 124 valence electrons. The summed E-state index contributed by atoms with van der Waals surface area (Å²) >= 11 is 0. The van der Waals surface area contributed by atoms with Crippen LogP contribution in [0.25, 0.3) is 0 Å². The highest BCUT2D eigenvalue weighted by Crippen LogP contribution is 2.08. The molecule has 0 amide bonds. The SMILES string of the molecule is C.C.CCCC[N+](C)(CC)CCC[N+](C)(C)C.[Br-].[Br-]. The lowest BCUT2D eigenvalue weighted by atomic mass is 10.2. The number of quaternary nitrogens is 2. The number of halogens is 2. The Balaban J connectivity index is -0.000000163. The molecule has 0 spiro atoms. The van der Waals surface area contributed by atoms with Crippen LogP contribution >= 0.6 is 0 Å². The molecule has 0 radical (unpaired) electrons. The normalized spacial score (nSPS) is 12.9. The van der Waals surface area contributed by atoms with Crippen molar-refractivity contribution < 1.29 is 42.9 Å². The fraction of sp³-hybridized carbons (Fsp3) is 1.00. The van der Waals surface area contributed by atoms with Gasteiger partial charge < -0.3 is 42.9 Å². The molecule has 0 aliphatic heterocycles. The van der Waals surface area contributed by atoms with E-state index < -0.39 is 0 Å². The minimum Gasteiger partial charge on any atom is -1.00 e. The van der Waals surface area contributed by atoms with Gasteiger partial charge in [-0.05, 0) is 13.3 Å². The topological polar surface area (TPSA) is 0 Å². The largest absolute Gasteiger partial charge is 1.00 e. The van der Waals surface area contributed by atoms with Crippen molar-refractivity contribution in [3.8, 4) is 0 Å². The zero-order valence-electron chi connectivity index (χ0n) is 12.6. The molecule has 0 fully saturated rings. The zero-order chi connectivity index (χ0) is 11.9. The average molecular weight is 408 g/mol. The second kappa shape index (κ2) is 15.3. The molecule has 0 N–H and O–H groups in total. The second-order valence-electron chi connectivity index (χ2n) is 6.10. The van der Waals surface area contributed by atoms with Gasteiger partial charge in [0, 0.05) is 6.42 Å². The quantitative estimate of drug-likeness (QED) is 0.394. The van der Waals surface area contributed by atoms with E-state index in [1.54, 1.807) is 0 Å². The Kier molecular flexibility index (Phi) is 25.7. The first-order valence-electron chi connectivity index (χ1n) is 6.47. The van der Waals surface area contributed by atoms with Gasteiger partial charge >= 0.3 is 0 Å². The maximum Gasteiger partial charge on any atom is 0.0838 e. The molecule has 4 heteroatoms. The molecular formula is C15H40Br2N2. The average Bonchev–Trinajstić information content (AvgIpc) is 2.13. The highest BCUT2D eigenvalue weighted by Gasteiger charge is 2.19. The summed E-state index contributed by atoms with van der Waals surface area (Å²) in [4.78, 5) is 0. The Labute approximate surface area is 145 Å². The van der Waals surface area contributed by atoms with Crippen LogP contribution in [0.1, 0.15) is 48.0 Å². The summed E-state index contributed by atoms with van der Waals surface area (Å²) in [5.41, 5.74) is 0. The molecule has 0 bridgehead atoms. The molecule has 0 heterocycles. The summed E-state index contributed by atoms with van der Waals surface area (Å²) in [6.07, 6.45) is 4.04. The molecule has 1 atom stereocenters. The number of unbranched alkanes of at least 4 members (excludes halogenated alkanes) is 1. The molecule has 0 aliphatic rings. The first-order chi connectivity index (χ1) is 6.83. The summed E-state index contributed by atoms with van der Waals surface area (Å²) in [5, 5.41) is 0. The van der Waals surface area contributed by atoms with Crippen molar-refractivity contribution in [1.82, 2.24) is 0 Å². The standard InChI is InChI=1S/C13H32N2.2CH4.2BrH/c1-7-9-12-15(6,8-2)13-10-11-14(3,4)5;;;;/h7-13H2,1-6H3;2*1H4;2*1H/q+2;;;;/p-2. The fourth-order valence-corrected chi connectivity index (χ4v) is 1.89. The van der Waals surface area contributed by atoms with E-state index in [1.807, 2.05) is 0 Å². The Hall–Kier alpha value is 0.880. The maximum atomic E-state index is 2.41. The third kappa shape index (κ3) is 18.9. The van der Waals surface area contributed by atoms with Crippen LogP contribution in [0, 0.1) is 0 Å². The van der Waals surface area contributed by atoms with Crippen LogP contribution in [-0.4, -0.2) is 63.3 Å². The Bertz CT molecular complexity index is 170. The van der Waals surface area contributed by atoms with Gasteiger partial charge in [0.25, 0.3) is 0 Å². The van der Waals surface area contributed by atoms with Crippen molar-refractivity contribution in [2.45, 2.75) is 48.0 Å². The molecule has 2 nitrogen and oxygen atoms in total. The van der Waals surface area contributed by atoms with Gasteiger partial charge in [0.05, 0.1) is 54.4 Å². The van der Waals surface area contributed by atoms with Crippen molar-refractivity contribution in [3.05, 3.63) is 0 Å². The van der Waals surface area contributed by atoms with Crippen molar-refractivity contribution in [3.63, 3.8) is 0 Å². The van der Waals surface area contributed by atoms with Crippen molar-refractivity contribution in [2.75, 3.05) is 54.4 Å². The third-order valence-electron chi connectivity index (χ3n) is 3.34. The highest BCUT2D eigenvalue weighted by atomic mass is 79.9. The zero-order valence-corrected chi connectivity index (χ0v) is 15.8. The smallest absolute Gasteiger partial charge is 0.0838 e. The van der Waals surface area contributed by atoms with E-state index >= 15 is 0 Å². The van der Waals surface area contributed by atoms with Gasteiger partial charge in [-0.25, -0.2) is 0 Å². The van der Waals surface area contributed by atoms with Crippen LogP contribution in [0.5, 0.6) is 0 Å².